The maximum atomic E-state index is 11.7. The van der Waals surface area contributed by atoms with E-state index >= 15 is 0 Å². The molecular weight excluding hydrogens is 328 g/mol. The van der Waals surface area contributed by atoms with Crippen molar-refractivity contribution < 1.29 is 9.90 Å². The van der Waals surface area contributed by atoms with Crippen LogP contribution >= 0.6 is 11.8 Å². The summed E-state index contributed by atoms with van der Waals surface area (Å²) >= 11 is 1.70. The van der Waals surface area contributed by atoms with E-state index in [1.54, 1.807) is 11.8 Å². The molecule has 1 rings (SSSR count). The van der Waals surface area contributed by atoms with Crippen LogP contribution in [0.5, 0.6) is 0 Å². The van der Waals surface area contributed by atoms with E-state index in [1.807, 2.05) is 0 Å². The number of carbonyl (C=O) groups is 1. The molecule has 0 amide bonds. The first-order chi connectivity index (χ1) is 12.2. The number of hydrogen-bond acceptors (Lipinski definition) is 2. The number of unbranched alkanes of at least 4 members (excludes halogenated alkanes) is 10. The van der Waals surface area contributed by atoms with Crippen molar-refractivity contribution in [2.45, 2.75) is 114 Å². The summed E-state index contributed by atoms with van der Waals surface area (Å²) in [6, 6.07) is 0. The Hall–Kier alpha value is -0.440. The largest absolute Gasteiger partial charge is 0.480 e. The second-order valence-electron chi connectivity index (χ2n) is 7.60. The van der Waals surface area contributed by atoms with E-state index in [0.717, 1.165) is 12.8 Å². The Kier molecular flexibility index (Phi) is 13.3. The average molecular weight is 369 g/mol. The predicted octanol–water partition coefficient (Wildman–Crippen LogP) is 7.23. The van der Waals surface area contributed by atoms with Crippen molar-refractivity contribution in [3.05, 3.63) is 12.2 Å². The first-order valence-electron chi connectivity index (χ1n) is 10.8. The summed E-state index contributed by atoms with van der Waals surface area (Å²) in [6.45, 7) is 4.49. The van der Waals surface area contributed by atoms with Gasteiger partial charge in [-0.2, -0.15) is 0 Å². The van der Waals surface area contributed by atoms with Gasteiger partial charge in [0.25, 0.3) is 0 Å². The molecule has 0 bridgehead atoms. The number of carboxylic acid groups (broad SMARTS) is 1. The van der Waals surface area contributed by atoms with Gasteiger partial charge >= 0.3 is 5.97 Å². The third-order valence-electron chi connectivity index (χ3n) is 5.26. The number of rotatable bonds is 15. The van der Waals surface area contributed by atoms with Gasteiger partial charge in [0.2, 0.25) is 0 Å². The van der Waals surface area contributed by atoms with Crippen molar-refractivity contribution in [2.24, 2.45) is 5.92 Å². The highest BCUT2D eigenvalue weighted by molar-refractivity contribution is 8.01. The van der Waals surface area contributed by atoms with Gasteiger partial charge in [-0.1, -0.05) is 103 Å². The molecule has 0 unspecified atom stereocenters. The van der Waals surface area contributed by atoms with Crippen LogP contribution in [0, 0.1) is 5.92 Å². The van der Waals surface area contributed by atoms with Crippen molar-refractivity contribution in [2.75, 3.05) is 0 Å². The lowest BCUT2D eigenvalue weighted by molar-refractivity contribution is -0.137. The molecule has 0 radical (unpaired) electrons. The van der Waals surface area contributed by atoms with E-state index in [0.29, 0.717) is 5.25 Å². The van der Waals surface area contributed by atoms with Crippen LogP contribution in [-0.2, 0) is 4.79 Å². The minimum atomic E-state index is -0.613. The summed E-state index contributed by atoms with van der Waals surface area (Å²) in [4.78, 5) is 11.7. The Morgan fingerprint density at radius 1 is 0.800 bits per heavy atom. The molecule has 0 saturated carbocycles. The van der Waals surface area contributed by atoms with Gasteiger partial charge in [0.1, 0.15) is 5.25 Å². The van der Waals surface area contributed by atoms with Crippen LogP contribution in [0.1, 0.15) is 104 Å². The molecule has 0 aromatic heterocycles. The fourth-order valence-corrected chi connectivity index (χ4v) is 5.05. The molecule has 25 heavy (non-hydrogen) atoms. The lowest BCUT2D eigenvalue weighted by atomic mass is 9.95. The zero-order valence-electron chi connectivity index (χ0n) is 16.5. The number of hydrogen-bond donors (Lipinski definition) is 1. The van der Waals surface area contributed by atoms with Gasteiger partial charge in [-0.15, -0.1) is 11.8 Å². The van der Waals surface area contributed by atoms with E-state index in [-0.39, 0.29) is 11.2 Å². The summed E-state index contributed by atoms with van der Waals surface area (Å²) < 4.78 is 0. The van der Waals surface area contributed by atoms with Gasteiger partial charge < -0.3 is 5.11 Å². The second-order valence-corrected chi connectivity index (χ2v) is 8.98. The Morgan fingerprint density at radius 2 is 1.32 bits per heavy atom. The van der Waals surface area contributed by atoms with E-state index < -0.39 is 5.97 Å². The molecule has 0 aromatic rings. The molecule has 2 nitrogen and oxygen atoms in total. The smallest absolute Gasteiger partial charge is 0.317 e. The summed E-state index contributed by atoms with van der Waals surface area (Å²) in [5.74, 6) is -0.382. The standard InChI is InChI=1S/C22H40O2S/c1-3-5-7-9-11-13-15-19-17-18-20(25-21(19)22(23)24)16-14-12-10-8-6-4-2/h17-21H,3-16H2,1-2H3,(H,23,24)/t19-,20+,21+/m0/s1. The van der Waals surface area contributed by atoms with Gasteiger partial charge in [-0.25, -0.2) is 0 Å². The van der Waals surface area contributed by atoms with Crippen LogP contribution in [0.2, 0.25) is 0 Å². The molecule has 0 aliphatic carbocycles. The van der Waals surface area contributed by atoms with Gasteiger partial charge in [-0.3, -0.25) is 4.79 Å². The lowest BCUT2D eigenvalue weighted by Gasteiger charge is -2.29. The fraction of sp³-hybridized carbons (Fsp3) is 0.864. The zero-order chi connectivity index (χ0) is 18.3. The van der Waals surface area contributed by atoms with Crippen LogP contribution in [0.3, 0.4) is 0 Å². The van der Waals surface area contributed by atoms with Crippen LogP contribution in [0.15, 0.2) is 12.2 Å². The number of carboxylic acids is 1. The van der Waals surface area contributed by atoms with Crippen LogP contribution in [0.25, 0.3) is 0 Å². The maximum Gasteiger partial charge on any atom is 0.317 e. The molecule has 146 valence electrons. The summed E-state index contributed by atoms with van der Waals surface area (Å²) in [5.41, 5.74) is 0. The quantitative estimate of drug-likeness (QED) is 0.245. The molecule has 0 spiro atoms. The SMILES string of the molecule is CCCCCCCC[C@H]1C=C[C@@H](CCCCCCCC)S[C@H]1C(=O)O. The van der Waals surface area contributed by atoms with E-state index in [2.05, 4.69) is 26.0 Å². The van der Waals surface area contributed by atoms with E-state index in [4.69, 9.17) is 0 Å². The second kappa shape index (κ2) is 14.7. The molecule has 1 aliphatic rings. The van der Waals surface area contributed by atoms with Crippen LogP contribution in [0.4, 0.5) is 0 Å². The van der Waals surface area contributed by atoms with Gasteiger partial charge in [0.05, 0.1) is 0 Å². The molecule has 0 saturated heterocycles. The Bertz CT molecular complexity index is 367. The number of aliphatic carboxylic acids is 1. The van der Waals surface area contributed by atoms with E-state index in [1.165, 1.54) is 77.0 Å². The highest BCUT2D eigenvalue weighted by atomic mass is 32.2. The highest BCUT2D eigenvalue weighted by Crippen LogP contribution is 2.36. The third kappa shape index (κ3) is 10.3. The van der Waals surface area contributed by atoms with Crippen molar-refractivity contribution in [3.8, 4) is 0 Å². The predicted molar refractivity (Wildman–Crippen MR) is 111 cm³/mol. The Labute approximate surface area is 160 Å². The number of thioether (sulfide) groups is 1. The Balaban J connectivity index is 2.27. The van der Waals surface area contributed by atoms with Crippen molar-refractivity contribution in [3.63, 3.8) is 0 Å². The summed E-state index contributed by atoms with van der Waals surface area (Å²) in [5, 5.41) is 9.79. The van der Waals surface area contributed by atoms with Crippen molar-refractivity contribution in [1.82, 2.24) is 0 Å². The normalized spacial score (nSPS) is 23.0. The minimum Gasteiger partial charge on any atom is -0.480 e. The molecule has 1 heterocycles. The van der Waals surface area contributed by atoms with Gasteiger partial charge in [0, 0.05) is 5.25 Å². The summed E-state index contributed by atoms with van der Waals surface area (Å²) in [7, 11) is 0. The average Bonchev–Trinajstić information content (AvgIpc) is 2.61. The molecule has 1 N–H and O–H groups in total. The topological polar surface area (TPSA) is 37.3 Å². The van der Waals surface area contributed by atoms with Gasteiger partial charge in [0.15, 0.2) is 0 Å². The fourth-order valence-electron chi connectivity index (χ4n) is 3.64. The van der Waals surface area contributed by atoms with Crippen LogP contribution < -0.4 is 0 Å². The first-order valence-corrected chi connectivity index (χ1v) is 11.7. The molecule has 0 aromatic carbocycles. The molecule has 3 atom stereocenters. The highest BCUT2D eigenvalue weighted by Gasteiger charge is 2.31. The van der Waals surface area contributed by atoms with Crippen LogP contribution in [-0.4, -0.2) is 21.6 Å². The maximum absolute atomic E-state index is 11.7. The zero-order valence-corrected chi connectivity index (χ0v) is 17.4. The molecule has 3 heteroatoms. The first kappa shape index (κ1) is 22.6. The van der Waals surface area contributed by atoms with Crippen molar-refractivity contribution in [1.29, 1.82) is 0 Å². The van der Waals surface area contributed by atoms with Crippen molar-refractivity contribution >= 4 is 17.7 Å². The third-order valence-corrected chi connectivity index (χ3v) is 6.85. The number of allylic oxidation sites excluding steroid dienone is 1. The monoisotopic (exact) mass is 368 g/mol. The lowest BCUT2D eigenvalue weighted by Crippen LogP contribution is -2.30. The van der Waals surface area contributed by atoms with Gasteiger partial charge in [-0.05, 0) is 18.8 Å². The van der Waals surface area contributed by atoms with E-state index in [9.17, 15) is 9.90 Å². The Morgan fingerprint density at radius 3 is 1.88 bits per heavy atom. The molecule has 0 fully saturated rings. The summed E-state index contributed by atoms with van der Waals surface area (Å²) in [6.07, 6.45) is 22.2. The molecular formula is C22H40O2S. The minimum absolute atomic E-state index is 0.231. The molecule has 1 aliphatic heterocycles.